The van der Waals surface area contributed by atoms with Gasteiger partial charge in [0.05, 0.1) is 25.5 Å². The highest BCUT2D eigenvalue weighted by Gasteiger charge is 2.18. The lowest BCUT2D eigenvalue weighted by Crippen LogP contribution is -2.30. The van der Waals surface area contributed by atoms with Crippen LogP contribution in [0.15, 0.2) is 36.4 Å². The largest absolute Gasteiger partial charge is 0.497 e. The summed E-state index contributed by atoms with van der Waals surface area (Å²) in [5.41, 5.74) is 0.813. The fourth-order valence-corrected chi connectivity index (χ4v) is 2.35. The summed E-state index contributed by atoms with van der Waals surface area (Å²) in [5.74, 6) is -0.599. The van der Waals surface area contributed by atoms with Gasteiger partial charge in [-0.05, 0) is 35.4 Å². The van der Waals surface area contributed by atoms with E-state index in [2.05, 4.69) is 5.32 Å². The van der Waals surface area contributed by atoms with Gasteiger partial charge in [0.25, 0.3) is 5.91 Å². The molecule has 1 N–H and O–H groups in total. The van der Waals surface area contributed by atoms with Crippen molar-refractivity contribution >= 4 is 22.6 Å². The normalized spacial score (nSPS) is 11.4. The molecule has 6 nitrogen and oxygen atoms in total. The highest BCUT2D eigenvalue weighted by molar-refractivity contribution is 5.87. The Balaban J connectivity index is 1.98. The zero-order valence-corrected chi connectivity index (χ0v) is 14.2. The van der Waals surface area contributed by atoms with Crippen molar-refractivity contribution in [3.8, 4) is 11.8 Å². The molecule has 2 rings (SSSR count). The SMILES string of the molecule is COc1ccc2cc([C@H](C)C(=O)OCC(=O)NCCC#N)ccc2c1. The molecule has 1 amide bonds. The molecule has 0 fully saturated rings. The molecule has 0 spiro atoms. The number of fused-ring (bicyclic) bond motifs is 1. The van der Waals surface area contributed by atoms with Crippen LogP contribution in [-0.2, 0) is 14.3 Å². The van der Waals surface area contributed by atoms with Crippen LogP contribution in [0.5, 0.6) is 5.75 Å². The molecule has 1 atom stereocenters. The van der Waals surface area contributed by atoms with Gasteiger partial charge in [0.2, 0.25) is 0 Å². The van der Waals surface area contributed by atoms with Crippen LogP contribution in [0, 0.1) is 11.3 Å². The van der Waals surface area contributed by atoms with Crippen molar-refractivity contribution in [2.75, 3.05) is 20.3 Å². The van der Waals surface area contributed by atoms with Crippen molar-refractivity contribution in [2.24, 2.45) is 0 Å². The number of rotatable bonds is 7. The van der Waals surface area contributed by atoms with E-state index in [4.69, 9.17) is 14.7 Å². The molecular formula is C19H20N2O4. The minimum absolute atomic E-state index is 0.220. The first-order chi connectivity index (χ1) is 12.0. The lowest BCUT2D eigenvalue weighted by molar-refractivity contribution is -0.149. The number of carbonyl (C=O) groups is 2. The fourth-order valence-electron chi connectivity index (χ4n) is 2.35. The number of nitrogens with one attached hydrogen (secondary N) is 1. The van der Waals surface area contributed by atoms with Crippen LogP contribution in [-0.4, -0.2) is 32.1 Å². The zero-order chi connectivity index (χ0) is 18.2. The molecule has 130 valence electrons. The lowest BCUT2D eigenvalue weighted by atomic mass is 9.98. The van der Waals surface area contributed by atoms with Crippen LogP contribution in [0.4, 0.5) is 0 Å². The molecule has 0 bridgehead atoms. The number of amides is 1. The van der Waals surface area contributed by atoms with Gasteiger partial charge in [-0.3, -0.25) is 9.59 Å². The van der Waals surface area contributed by atoms with E-state index < -0.39 is 17.8 Å². The predicted molar refractivity (Wildman–Crippen MR) is 93.1 cm³/mol. The number of nitrogens with zero attached hydrogens (tertiary/aromatic N) is 1. The summed E-state index contributed by atoms with van der Waals surface area (Å²) in [6, 6.07) is 13.3. The van der Waals surface area contributed by atoms with Crippen LogP contribution in [0.1, 0.15) is 24.8 Å². The molecule has 0 radical (unpaired) electrons. The summed E-state index contributed by atoms with van der Waals surface area (Å²) in [5, 5.41) is 12.9. The van der Waals surface area contributed by atoms with Gasteiger partial charge in [-0.2, -0.15) is 5.26 Å². The molecule has 0 saturated heterocycles. The van der Waals surface area contributed by atoms with Gasteiger partial charge < -0.3 is 14.8 Å². The fraction of sp³-hybridized carbons (Fsp3) is 0.316. The summed E-state index contributed by atoms with van der Waals surface area (Å²) in [4.78, 5) is 23.6. The Morgan fingerprint density at radius 1 is 1.20 bits per heavy atom. The van der Waals surface area contributed by atoms with Crippen molar-refractivity contribution in [3.63, 3.8) is 0 Å². The van der Waals surface area contributed by atoms with Gasteiger partial charge >= 0.3 is 5.97 Å². The van der Waals surface area contributed by atoms with Crippen molar-refractivity contribution < 1.29 is 19.1 Å². The van der Waals surface area contributed by atoms with Crippen molar-refractivity contribution in [1.29, 1.82) is 5.26 Å². The molecule has 6 heteroatoms. The number of benzene rings is 2. The second kappa shape index (κ2) is 8.69. The Labute approximate surface area is 146 Å². The summed E-state index contributed by atoms with van der Waals surface area (Å²) >= 11 is 0. The maximum atomic E-state index is 12.1. The molecular weight excluding hydrogens is 320 g/mol. The molecule has 0 aliphatic heterocycles. The zero-order valence-electron chi connectivity index (χ0n) is 14.2. The van der Waals surface area contributed by atoms with Crippen LogP contribution >= 0.6 is 0 Å². The Hall–Kier alpha value is -3.07. The third-order valence-electron chi connectivity index (χ3n) is 3.83. The first-order valence-corrected chi connectivity index (χ1v) is 7.93. The summed E-state index contributed by atoms with van der Waals surface area (Å²) in [6.45, 7) is 1.64. The topological polar surface area (TPSA) is 88.4 Å². The van der Waals surface area contributed by atoms with E-state index in [-0.39, 0.29) is 19.6 Å². The monoisotopic (exact) mass is 340 g/mol. The van der Waals surface area contributed by atoms with E-state index in [1.165, 1.54) is 0 Å². The molecule has 2 aromatic rings. The highest BCUT2D eigenvalue weighted by atomic mass is 16.5. The molecule has 25 heavy (non-hydrogen) atoms. The second-order valence-electron chi connectivity index (χ2n) is 5.56. The third-order valence-corrected chi connectivity index (χ3v) is 3.83. The minimum Gasteiger partial charge on any atom is -0.497 e. The Morgan fingerprint density at radius 2 is 1.92 bits per heavy atom. The number of methoxy groups -OCH3 is 1. The van der Waals surface area contributed by atoms with E-state index in [0.717, 1.165) is 22.1 Å². The van der Waals surface area contributed by atoms with E-state index in [1.807, 2.05) is 42.5 Å². The summed E-state index contributed by atoms with van der Waals surface area (Å²) in [7, 11) is 1.62. The van der Waals surface area contributed by atoms with Gasteiger partial charge in [-0.25, -0.2) is 0 Å². The van der Waals surface area contributed by atoms with Crippen LogP contribution in [0.3, 0.4) is 0 Å². The Kier molecular flexibility index (Phi) is 6.35. The van der Waals surface area contributed by atoms with E-state index in [9.17, 15) is 9.59 Å². The molecule has 0 saturated carbocycles. The van der Waals surface area contributed by atoms with Gasteiger partial charge in [-0.1, -0.05) is 24.3 Å². The number of hydrogen-bond donors (Lipinski definition) is 1. The maximum absolute atomic E-state index is 12.1. The van der Waals surface area contributed by atoms with Crippen LogP contribution < -0.4 is 10.1 Å². The van der Waals surface area contributed by atoms with Gasteiger partial charge in [0, 0.05) is 6.54 Å². The molecule has 0 aliphatic carbocycles. The van der Waals surface area contributed by atoms with Crippen LogP contribution in [0.2, 0.25) is 0 Å². The average Bonchev–Trinajstić information content (AvgIpc) is 2.64. The molecule has 0 aliphatic rings. The average molecular weight is 340 g/mol. The molecule has 0 aromatic heterocycles. The first kappa shape index (κ1) is 18.3. The van der Waals surface area contributed by atoms with E-state index >= 15 is 0 Å². The quantitative estimate of drug-likeness (QED) is 0.618. The smallest absolute Gasteiger partial charge is 0.313 e. The first-order valence-electron chi connectivity index (χ1n) is 7.93. The molecule has 2 aromatic carbocycles. The third kappa shape index (κ3) is 4.95. The number of esters is 1. The second-order valence-corrected chi connectivity index (χ2v) is 5.56. The van der Waals surface area contributed by atoms with Crippen molar-refractivity contribution in [2.45, 2.75) is 19.3 Å². The number of carbonyl (C=O) groups excluding carboxylic acids is 2. The molecule has 0 unspecified atom stereocenters. The summed E-state index contributed by atoms with van der Waals surface area (Å²) < 4.78 is 10.2. The van der Waals surface area contributed by atoms with Crippen molar-refractivity contribution in [3.05, 3.63) is 42.0 Å². The van der Waals surface area contributed by atoms with Crippen molar-refractivity contribution in [1.82, 2.24) is 5.32 Å². The predicted octanol–water partition coefficient (Wildman–Crippen LogP) is 2.52. The standard InChI is InChI=1S/C19H20N2O4/c1-13(19(23)25-12-18(22)21-9-3-8-20)14-4-5-16-11-17(24-2)7-6-15(16)10-14/h4-7,10-11,13H,3,9,12H2,1-2H3,(H,21,22)/t13-/m0/s1. The Morgan fingerprint density at radius 3 is 2.64 bits per heavy atom. The minimum atomic E-state index is -0.488. The lowest BCUT2D eigenvalue weighted by Gasteiger charge is -2.13. The van der Waals surface area contributed by atoms with E-state index in [0.29, 0.717) is 0 Å². The maximum Gasteiger partial charge on any atom is 0.313 e. The number of hydrogen-bond acceptors (Lipinski definition) is 5. The highest BCUT2D eigenvalue weighted by Crippen LogP contribution is 2.25. The van der Waals surface area contributed by atoms with E-state index in [1.54, 1.807) is 14.0 Å². The van der Waals surface area contributed by atoms with Crippen LogP contribution in [0.25, 0.3) is 10.8 Å². The van der Waals surface area contributed by atoms with Gasteiger partial charge in [0.1, 0.15) is 5.75 Å². The number of nitriles is 1. The Bertz CT molecular complexity index is 811. The summed E-state index contributed by atoms with van der Waals surface area (Å²) in [6.07, 6.45) is 0.220. The van der Waals surface area contributed by atoms with Gasteiger partial charge in [-0.15, -0.1) is 0 Å². The molecule has 0 heterocycles. The number of ether oxygens (including phenoxy) is 2. The van der Waals surface area contributed by atoms with Gasteiger partial charge in [0.15, 0.2) is 6.61 Å².